The Morgan fingerprint density at radius 2 is 1.83 bits per heavy atom. The third-order valence-electron chi connectivity index (χ3n) is 3.67. The Hall–Kier alpha value is -0.0400. The molecule has 1 heterocycles. The highest BCUT2D eigenvalue weighted by Gasteiger charge is 2.22. The molecular formula is C11H23N. The number of nitrogens with one attached hydrogen (secondary N) is 1. The predicted octanol–water partition coefficient (Wildman–Crippen LogP) is 2.67. The Labute approximate surface area is 76.9 Å². The van der Waals surface area contributed by atoms with E-state index in [4.69, 9.17) is 0 Å². The summed E-state index contributed by atoms with van der Waals surface area (Å²) in [6.45, 7) is 9.62. The molecule has 12 heavy (non-hydrogen) atoms. The number of hydrogen-bond acceptors (Lipinski definition) is 1. The molecule has 1 saturated heterocycles. The van der Waals surface area contributed by atoms with Crippen LogP contribution in [-0.2, 0) is 0 Å². The lowest BCUT2D eigenvalue weighted by atomic mass is 9.78. The number of piperidine rings is 1. The van der Waals surface area contributed by atoms with Gasteiger partial charge < -0.3 is 5.32 Å². The predicted molar refractivity (Wildman–Crippen MR) is 54.2 cm³/mol. The first-order valence-electron chi connectivity index (χ1n) is 5.46. The van der Waals surface area contributed by atoms with Crippen molar-refractivity contribution in [3.63, 3.8) is 0 Å². The van der Waals surface area contributed by atoms with E-state index in [-0.39, 0.29) is 0 Å². The van der Waals surface area contributed by atoms with Crippen LogP contribution in [0.1, 0.15) is 40.0 Å². The van der Waals surface area contributed by atoms with E-state index in [0.717, 1.165) is 17.8 Å². The van der Waals surface area contributed by atoms with Gasteiger partial charge in [0.1, 0.15) is 0 Å². The topological polar surface area (TPSA) is 12.0 Å². The Morgan fingerprint density at radius 1 is 1.25 bits per heavy atom. The van der Waals surface area contributed by atoms with E-state index < -0.39 is 0 Å². The molecular weight excluding hydrogens is 146 g/mol. The molecule has 72 valence electrons. The normalized spacial score (nSPS) is 25.2. The molecule has 1 nitrogen and oxygen atoms in total. The van der Waals surface area contributed by atoms with Gasteiger partial charge in [-0.2, -0.15) is 0 Å². The summed E-state index contributed by atoms with van der Waals surface area (Å²) >= 11 is 0. The van der Waals surface area contributed by atoms with Gasteiger partial charge in [0.05, 0.1) is 0 Å². The molecule has 0 spiro atoms. The van der Waals surface area contributed by atoms with E-state index in [1.807, 2.05) is 0 Å². The van der Waals surface area contributed by atoms with Crippen LogP contribution < -0.4 is 5.32 Å². The average molecular weight is 169 g/mol. The molecule has 1 N–H and O–H groups in total. The molecule has 0 aliphatic carbocycles. The zero-order valence-corrected chi connectivity index (χ0v) is 8.77. The quantitative estimate of drug-likeness (QED) is 0.685. The van der Waals surface area contributed by atoms with Gasteiger partial charge in [-0.1, -0.05) is 27.2 Å². The monoisotopic (exact) mass is 169 g/mol. The van der Waals surface area contributed by atoms with Crippen LogP contribution in [0.3, 0.4) is 0 Å². The molecule has 0 bridgehead atoms. The second-order valence-electron chi connectivity index (χ2n) is 4.33. The van der Waals surface area contributed by atoms with Crippen LogP contribution in [-0.4, -0.2) is 13.1 Å². The molecule has 1 rings (SSSR count). The summed E-state index contributed by atoms with van der Waals surface area (Å²) in [5, 5.41) is 3.43. The maximum absolute atomic E-state index is 3.43. The lowest BCUT2D eigenvalue weighted by Gasteiger charge is -2.31. The van der Waals surface area contributed by atoms with Gasteiger partial charge in [-0.25, -0.2) is 0 Å². The van der Waals surface area contributed by atoms with Crippen molar-refractivity contribution in [1.82, 2.24) is 5.32 Å². The molecule has 1 heteroatoms. The SMILES string of the molecule is CCC(C)C(C)C1CCNCC1. The summed E-state index contributed by atoms with van der Waals surface area (Å²) in [6.07, 6.45) is 4.13. The highest BCUT2D eigenvalue weighted by Crippen LogP contribution is 2.29. The van der Waals surface area contributed by atoms with Crippen molar-refractivity contribution in [1.29, 1.82) is 0 Å². The van der Waals surface area contributed by atoms with Crippen LogP contribution in [0.4, 0.5) is 0 Å². The Morgan fingerprint density at radius 3 is 2.33 bits per heavy atom. The average Bonchev–Trinajstić information content (AvgIpc) is 2.17. The van der Waals surface area contributed by atoms with Crippen molar-refractivity contribution in [2.24, 2.45) is 17.8 Å². The minimum absolute atomic E-state index is 0.910. The molecule has 1 aliphatic heterocycles. The fourth-order valence-corrected chi connectivity index (χ4v) is 2.21. The molecule has 0 aromatic heterocycles. The third kappa shape index (κ3) is 2.48. The first-order chi connectivity index (χ1) is 5.75. The fraction of sp³-hybridized carbons (Fsp3) is 1.00. The lowest BCUT2D eigenvalue weighted by molar-refractivity contribution is 0.208. The van der Waals surface area contributed by atoms with Crippen LogP contribution in [0.15, 0.2) is 0 Å². The van der Waals surface area contributed by atoms with E-state index >= 15 is 0 Å². The van der Waals surface area contributed by atoms with Crippen LogP contribution >= 0.6 is 0 Å². The van der Waals surface area contributed by atoms with E-state index in [9.17, 15) is 0 Å². The van der Waals surface area contributed by atoms with Gasteiger partial charge >= 0.3 is 0 Å². The molecule has 2 atom stereocenters. The van der Waals surface area contributed by atoms with Crippen LogP contribution in [0.5, 0.6) is 0 Å². The first kappa shape index (κ1) is 10.0. The second kappa shape index (κ2) is 4.86. The molecule has 1 aliphatic rings. The second-order valence-corrected chi connectivity index (χ2v) is 4.33. The summed E-state index contributed by atoms with van der Waals surface area (Å²) < 4.78 is 0. The van der Waals surface area contributed by atoms with E-state index in [1.165, 1.54) is 32.4 Å². The largest absolute Gasteiger partial charge is 0.317 e. The summed E-state index contributed by atoms with van der Waals surface area (Å²) in [6, 6.07) is 0. The van der Waals surface area contributed by atoms with E-state index in [2.05, 4.69) is 26.1 Å². The molecule has 1 fully saturated rings. The standard InChI is InChI=1S/C11H23N/c1-4-9(2)10(3)11-5-7-12-8-6-11/h9-12H,4-8H2,1-3H3. The van der Waals surface area contributed by atoms with Gasteiger partial charge in [0, 0.05) is 0 Å². The van der Waals surface area contributed by atoms with Gasteiger partial charge in [-0.3, -0.25) is 0 Å². The van der Waals surface area contributed by atoms with Crippen molar-refractivity contribution in [2.75, 3.05) is 13.1 Å². The maximum Gasteiger partial charge on any atom is -0.00462 e. The Bertz CT molecular complexity index is 116. The zero-order valence-electron chi connectivity index (χ0n) is 8.77. The minimum Gasteiger partial charge on any atom is -0.317 e. The molecule has 0 aromatic carbocycles. The lowest BCUT2D eigenvalue weighted by Crippen LogP contribution is -2.32. The third-order valence-corrected chi connectivity index (χ3v) is 3.67. The number of hydrogen-bond donors (Lipinski definition) is 1. The minimum atomic E-state index is 0.910. The molecule has 0 radical (unpaired) electrons. The molecule has 0 aromatic rings. The highest BCUT2D eigenvalue weighted by molar-refractivity contribution is 4.75. The first-order valence-corrected chi connectivity index (χ1v) is 5.46. The fourth-order valence-electron chi connectivity index (χ4n) is 2.21. The van der Waals surface area contributed by atoms with E-state index in [0.29, 0.717) is 0 Å². The molecule has 0 saturated carbocycles. The number of rotatable bonds is 3. The van der Waals surface area contributed by atoms with Gasteiger partial charge in [0.25, 0.3) is 0 Å². The maximum atomic E-state index is 3.43. The van der Waals surface area contributed by atoms with Gasteiger partial charge in [-0.05, 0) is 43.7 Å². The Kier molecular flexibility index (Phi) is 4.07. The van der Waals surface area contributed by atoms with Crippen molar-refractivity contribution in [2.45, 2.75) is 40.0 Å². The van der Waals surface area contributed by atoms with Crippen molar-refractivity contribution in [3.8, 4) is 0 Å². The summed E-state index contributed by atoms with van der Waals surface area (Å²) in [5.74, 6) is 2.83. The zero-order chi connectivity index (χ0) is 8.97. The van der Waals surface area contributed by atoms with Gasteiger partial charge in [-0.15, -0.1) is 0 Å². The molecule has 2 unspecified atom stereocenters. The van der Waals surface area contributed by atoms with Crippen molar-refractivity contribution >= 4 is 0 Å². The van der Waals surface area contributed by atoms with Crippen LogP contribution in [0.25, 0.3) is 0 Å². The summed E-state index contributed by atoms with van der Waals surface area (Å²) in [4.78, 5) is 0. The van der Waals surface area contributed by atoms with Crippen molar-refractivity contribution in [3.05, 3.63) is 0 Å². The van der Waals surface area contributed by atoms with Crippen LogP contribution in [0.2, 0.25) is 0 Å². The van der Waals surface area contributed by atoms with Gasteiger partial charge in [0.15, 0.2) is 0 Å². The highest BCUT2D eigenvalue weighted by atomic mass is 14.9. The van der Waals surface area contributed by atoms with Crippen LogP contribution in [0, 0.1) is 17.8 Å². The summed E-state index contributed by atoms with van der Waals surface area (Å²) in [5.41, 5.74) is 0. The van der Waals surface area contributed by atoms with Gasteiger partial charge in [0.2, 0.25) is 0 Å². The smallest absolute Gasteiger partial charge is 0.00462 e. The molecule has 0 amide bonds. The summed E-state index contributed by atoms with van der Waals surface area (Å²) in [7, 11) is 0. The Balaban J connectivity index is 2.33. The van der Waals surface area contributed by atoms with Crippen molar-refractivity contribution < 1.29 is 0 Å². The van der Waals surface area contributed by atoms with E-state index in [1.54, 1.807) is 0 Å².